The summed E-state index contributed by atoms with van der Waals surface area (Å²) in [5.41, 5.74) is 6.34. The van der Waals surface area contributed by atoms with Crippen molar-refractivity contribution < 1.29 is 19.0 Å². The molecule has 4 N–H and O–H groups in total. The van der Waals surface area contributed by atoms with Crippen molar-refractivity contribution >= 4 is 17.3 Å². The predicted molar refractivity (Wildman–Crippen MR) is 73.4 cm³/mol. The standard InChI is InChI=1S/C14H13FN2O3/c1-20-13-5-2-8(6-10(13)15)14(19)17-12-4-3-9(18)7-11(12)16/h2-7,18H,16H2,1H3,(H,17,19). The molecular formula is C14H13FN2O3. The normalized spacial score (nSPS) is 10.1. The average molecular weight is 276 g/mol. The topological polar surface area (TPSA) is 84.6 Å². The van der Waals surface area contributed by atoms with Crippen molar-refractivity contribution in [2.24, 2.45) is 0 Å². The number of nitrogen functional groups attached to an aromatic ring is 1. The lowest BCUT2D eigenvalue weighted by Crippen LogP contribution is -2.13. The van der Waals surface area contributed by atoms with Crippen LogP contribution in [0.2, 0.25) is 0 Å². The number of carbonyl (C=O) groups excluding carboxylic acids is 1. The van der Waals surface area contributed by atoms with Crippen molar-refractivity contribution in [1.82, 2.24) is 0 Å². The first-order chi connectivity index (χ1) is 9.51. The number of hydrogen-bond acceptors (Lipinski definition) is 4. The second kappa shape index (κ2) is 5.48. The molecule has 0 atom stereocenters. The van der Waals surface area contributed by atoms with Gasteiger partial charge in [0.25, 0.3) is 5.91 Å². The Kier molecular flexibility index (Phi) is 3.74. The highest BCUT2D eigenvalue weighted by Gasteiger charge is 2.11. The Morgan fingerprint density at radius 2 is 2.05 bits per heavy atom. The zero-order valence-corrected chi connectivity index (χ0v) is 10.7. The molecule has 6 heteroatoms. The van der Waals surface area contributed by atoms with Gasteiger partial charge in [0.2, 0.25) is 0 Å². The minimum Gasteiger partial charge on any atom is -0.508 e. The molecule has 2 aromatic rings. The average Bonchev–Trinajstić information content (AvgIpc) is 2.41. The Morgan fingerprint density at radius 1 is 1.30 bits per heavy atom. The summed E-state index contributed by atoms with van der Waals surface area (Å²) in [5, 5.41) is 11.8. The van der Waals surface area contributed by atoms with E-state index in [0.717, 1.165) is 6.07 Å². The van der Waals surface area contributed by atoms with Gasteiger partial charge in [0, 0.05) is 11.6 Å². The fraction of sp³-hybridized carbons (Fsp3) is 0.0714. The molecule has 5 nitrogen and oxygen atoms in total. The number of hydrogen-bond donors (Lipinski definition) is 3. The molecule has 0 unspecified atom stereocenters. The van der Waals surface area contributed by atoms with Crippen molar-refractivity contribution in [3.05, 3.63) is 47.8 Å². The van der Waals surface area contributed by atoms with Crippen molar-refractivity contribution in [2.75, 3.05) is 18.2 Å². The summed E-state index contributed by atoms with van der Waals surface area (Å²) in [5.74, 6) is -1.08. The zero-order chi connectivity index (χ0) is 14.7. The smallest absolute Gasteiger partial charge is 0.255 e. The molecule has 0 aliphatic carbocycles. The monoisotopic (exact) mass is 276 g/mol. The molecule has 0 saturated carbocycles. The summed E-state index contributed by atoms with van der Waals surface area (Å²) < 4.78 is 18.3. The van der Waals surface area contributed by atoms with Crippen molar-refractivity contribution in [3.8, 4) is 11.5 Å². The summed E-state index contributed by atoms with van der Waals surface area (Å²) in [6.45, 7) is 0. The number of phenols is 1. The van der Waals surface area contributed by atoms with E-state index >= 15 is 0 Å². The fourth-order valence-electron chi connectivity index (χ4n) is 1.67. The molecule has 20 heavy (non-hydrogen) atoms. The number of nitrogens with one attached hydrogen (secondary N) is 1. The maximum absolute atomic E-state index is 13.5. The van der Waals surface area contributed by atoms with Gasteiger partial charge in [-0.15, -0.1) is 0 Å². The number of methoxy groups -OCH3 is 1. The van der Waals surface area contributed by atoms with Crippen molar-refractivity contribution in [1.29, 1.82) is 0 Å². The van der Waals surface area contributed by atoms with Gasteiger partial charge < -0.3 is 20.9 Å². The van der Waals surface area contributed by atoms with Gasteiger partial charge >= 0.3 is 0 Å². The van der Waals surface area contributed by atoms with E-state index in [2.05, 4.69) is 5.32 Å². The zero-order valence-electron chi connectivity index (χ0n) is 10.7. The second-order valence-corrected chi connectivity index (χ2v) is 4.08. The second-order valence-electron chi connectivity index (χ2n) is 4.08. The number of aromatic hydroxyl groups is 1. The molecule has 0 radical (unpaired) electrons. The van der Waals surface area contributed by atoms with Crippen LogP contribution in [0, 0.1) is 5.82 Å². The van der Waals surface area contributed by atoms with E-state index in [1.54, 1.807) is 0 Å². The van der Waals surface area contributed by atoms with Gasteiger partial charge in [-0.05, 0) is 30.3 Å². The van der Waals surface area contributed by atoms with Crippen LogP contribution in [-0.2, 0) is 0 Å². The summed E-state index contributed by atoms with van der Waals surface area (Å²) in [4.78, 5) is 12.0. The molecule has 104 valence electrons. The number of carbonyl (C=O) groups is 1. The largest absolute Gasteiger partial charge is 0.508 e. The third-order valence-electron chi connectivity index (χ3n) is 2.70. The molecule has 0 aliphatic heterocycles. The van der Waals surface area contributed by atoms with E-state index in [-0.39, 0.29) is 22.7 Å². The SMILES string of the molecule is COc1ccc(C(=O)Nc2ccc(O)cc2N)cc1F. The highest BCUT2D eigenvalue weighted by molar-refractivity contribution is 6.05. The van der Waals surface area contributed by atoms with Crippen LogP contribution in [0.15, 0.2) is 36.4 Å². The number of amides is 1. The number of anilines is 2. The molecule has 0 spiro atoms. The minimum absolute atomic E-state index is 0.00371. The quantitative estimate of drug-likeness (QED) is 0.593. The predicted octanol–water partition coefficient (Wildman–Crippen LogP) is 2.37. The molecule has 0 bridgehead atoms. The van der Waals surface area contributed by atoms with Crippen LogP contribution in [0.25, 0.3) is 0 Å². The molecule has 0 heterocycles. The first-order valence-electron chi connectivity index (χ1n) is 5.74. The molecule has 2 rings (SSSR count). The molecule has 0 saturated heterocycles. The number of phenolic OH excluding ortho intramolecular Hbond substituents is 1. The van der Waals surface area contributed by atoms with Gasteiger partial charge in [0.05, 0.1) is 18.5 Å². The molecular weight excluding hydrogens is 263 g/mol. The van der Waals surface area contributed by atoms with Crippen molar-refractivity contribution in [3.63, 3.8) is 0 Å². The first kappa shape index (κ1) is 13.7. The Labute approximate surface area is 114 Å². The van der Waals surface area contributed by atoms with Crippen LogP contribution in [-0.4, -0.2) is 18.1 Å². The van der Waals surface area contributed by atoms with Crippen LogP contribution < -0.4 is 15.8 Å². The lowest BCUT2D eigenvalue weighted by molar-refractivity contribution is 0.102. The van der Waals surface area contributed by atoms with Crippen LogP contribution in [0.1, 0.15) is 10.4 Å². The van der Waals surface area contributed by atoms with E-state index in [1.807, 2.05) is 0 Å². The van der Waals surface area contributed by atoms with E-state index in [0.29, 0.717) is 5.69 Å². The molecule has 0 aliphatic rings. The number of rotatable bonds is 3. The van der Waals surface area contributed by atoms with Gasteiger partial charge in [-0.3, -0.25) is 4.79 Å². The maximum Gasteiger partial charge on any atom is 0.255 e. The van der Waals surface area contributed by atoms with Crippen LogP contribution in [0.3, 0.4) is 0 Å². The van der Waals surface area contributed by atoms with Crippen molar-refractivity contribution in [2.45, 2.75) is 0 Å². The Balaban J connectivity index is 2.21. The third-order valence-corrected chi connectivity index (χ3v) is 2.70. The van der Waals surface area contributed by atoms with Gasteiger partial charge in [0.1, 0.15) is 5.75 Å². The Hall–Kier alpha value is -2.76. The Bertz CT molecular complexity index is 659. The highest BCUT2D eigenvalue weighted by Crippen LogP contribution is 2.24. The van der Waals surface area contributed by atoms with E-state index in [9.17, 15) is 14.3 Å². The fourth-order valence-corrected chi connectivity index (χ4v) is 1.67. The minimum atomic E-state index is -0.626. The maximum atomic E-state index is 13.5. The number of ether oxygens (including phenoxy) is 1. The lowest BCUT2D eigenvalue weighted by atomic mass is 10.2. The first-order valence-corrected chi connectivity index (χ1v) is 5.74. The van der Waals surface area contributed by atoms with Gasteiger partial charge in [-0.1, -0.05) is 0 Å². The molecule has 0 fully saturated rings. The summed E-state index contributed by atoms with van der Waals surface area (Å²) in [7, 11) is 1.34. The van der Waals surface area contributed by atoms with Gasteiger partial charge in [-0.25, -0.2) is 4.39 Å². The Morgan fingerprint density at radius 3 is 2.65 bits per heavy atom. The lowest BCUT2D eigenvalue weighted by Gasteiger charge is -2.09. The van der Waals surface area contributed by atoms with Gasteiger partial charge in [0.15, 0.2) is 11.6 Å². The van der Waals surface area contributed by atoms with E-state index in [4.69, 9.17) is 10.5 Å². The molecule has 1 amide bonds. The summed E-state index contributed by atoms with van der Waals surface area (Å²) >= 11 is 0. The number of halogens is 1. The number of nitrogens with two attached hydrogens (primary N) is 1. The summed E-state index contributed by atoms with van der Waals surface area (Å²) in [6.07, 6.45) is 0. The van der Waals surface area contributed by atoms with E-state index < -0.39 is 11.7 Å². The van der Waals surface area contributed by atoms with Crippen LogP contribution in [0.4, 0.5) is 15.8 Å². The van der Waals surface area contributed by atoms with Crippen LogP contribution in [0.5, 0.6) is 11.5 Å². The molecule has 2 aromatic carbocycles. The summed E-state index contributed by atoms with van der Waals surface area (Å²) in [6, 6.07) is 8.04. The van der Waals surface area contributed by atoms with Crippen LogP contribution >= 0.6 is 0 Å². The highest BCUT2D eigenvalue weighted by atomic mass is 19.1. The third kappa shape index (κ3) is 2.80. The number of benzene rings is 2. The van der Waals surface area contributed by atoms with Gasteiger partial charge in [-0.2, -0.15) is 0 Å². The molecule has 0 aromatic heterocycles. The van der Waals surface area contributed by atoms with E-state index in [1.165, 1.54) is 37.4 Å².